The van der Waals surface area contributed by atoms with Gasteiger partial charge >= 0.3 is 0 Å². The largest absolute Gasteiger partial charge is 0.367 e. The van der Waals surface area contributed by atoms with Gasteiger partial charge in [-0.3, -0.25) is 0 Å². The lowest BCUT2D eigenvalue weighted by molar-refractivity contribution is 0.0673. The topological polar surface area (TPSA) is 25.0 Å². The average molecular weight is 285 g/mol. The lowest BCUT2D eigenvalue weighted by atomic mass is 9.97. The zero-order valence-corrected chi connectivity index (χ0v) is 11.2. The molecule has 0 aliphatic carbocycles. The molecule has 1 aliphatic heterocycles. The van der Waals surface area contributed by atoms with E-state index in [9.17, 15) is 8.78 Å². The monoisotopic (exact) mass is 285 g/mol. The number of hydrogen-bond acceptors (Lipinski definition) is 1. The van der Waals surface area contributed by atoms with E-state index in [2.05, 4.69) is 11.1 Å². The number of halogens is 2. The number of H-pyrrole nitrogens is 1. The second-order valence-electron chi connectivity index (χ2n) is 5.27. The Labute approximate surface area is 120 Å². The Morgan fingerprint density at radius 3 is 2.62 bits per heavy atom. The predicted octanol–water partition coefficient (Wildman–Crippen LogP) is 4.11. The number of benzene rings is 2. The van der Waals surface area contributed by atoms with Crippen LogP contribution in [0.3, 0.4) is 0 Å². The molecule has 1 atom stereocenters. The van der Waals surface area contributed by atoms with Crippen LogP contribution in [0.5, 0.6) is 0 Å². The van der Waals surface area contributed by atoms with Crippen molar-refractivity contribution in [1.29, 1.82) is 0 Å². The molecule has 0 radical (unpaired) electrons. The van der Waals surface area contributed by atoms with Crippen molar-refractivity contribution in [2.45, 2.75) is 12.5 Å². The lowest BCUT2D eigenvalue weighted by Crippen LogP contribution is -2.17. The van der Waals surface area contributed by atoms with Gasteiger partial charge in [-0.15, -0.1) is 0 Å². The van der Waals surface area contributed by atoms with Gasteiger partial charge in [0.2, 0.25) is 0 Å². The Kier molecular flexibility index (Phi) is 2.79. The van der Waals surface area contributed by atoms with Gasteiger partial charge in [-0.1, -0.05) is 18.2 Å². The van der Waals surface area contributed by atoms with Gasteiger partial charge in [0, 0.05) is 17.0 Å². The molecule has 3 aromatic rings. The maximum atomic E-state index is 13.5. The lowest BCUT2D eigenvalue weighted by Gasteiger charge is -2.24. The molecule has 4 rings (SSSR count). The molecule has 0 saturated heterocycles. The molecule has 1 unspecified atom stereocenters. The Balaban J connectivity index is 1.90. The molecule has 106 valence electrons. The summed E-state index contributed by atoms with van der Waals surface area (Å²) >= 11 is 0. The number of para-hydroxylation sites is 1. The number of rotatable bonds is 1. The fraction of sp³-hybridized carbons (Fsp3) is 0.176. The third-order valence-corrected chi connectivity index (χ3v) is 3.93. The highest BCUT2D eigenvalue weighted by atomic mass is 19.1. The normalized spacial score (nSPS) is 17.9. The van der Waals surface area contributed by atoms with Crippen LogP contribution in [0, 0.1) is 11.6 Å². The SMILES string of the molecule is Fc1cc(F)cc(C2OCCc3c2[nH]c2ccccc32)c1. The molecule has 21 heavy (non-hydrogen) atoms. The first-order valence-corrected chi connectivity index (χ1v) is 6.89. The van der Waals surface area contributed by atoms with Gasteiger partial charge in [-0.2, -0.15) is 0 Å². The van der Waals surface area contributed by atoms with E-state index in [1.165, 1.54) is 17.7 Å². The quantitative estimate of drug-likeness (QED) is 0.715. The van der Waals surface area contributed by atoms with E-state index in [0.29, 0.717) is 12.2 Å². The zero-order chi connectivity index (χ0) is 14.4. The maximum Gasteiger partial charge on any atom is 0.126 e. The van der Waals surface area contributed by atoms with Crippen molar-refractivity contribution in [2.24, 2.45) is 0 Å². The molecule has 2 nitrogen and oxygen atoms in total. The Bertz CT molecular complexity index is 805. The molecule has 1 aromatic heterocycles. The third kappa shape index (κ3) is 2.03. The number of nitrogens with one attached hydrogen (secondary N) is 1. The summed E-state index contributed by atoms with van der Waals surface area (Å²) in [6.45, 7) is 0.539. The summed E-state index contributed by atoms with van der Waals surface area (Å²) in [4.78, 5) is 3.33. The van der Waals surface area contributed by atoms with Crippen molar-refractivity contribution in [2.75, 3.05) is 6.61 Å². The van der Waals surface area contributed by atoms with Gasteiger partial charge in [-0.05, 0) is 35.7 Å². The van der Waals surface area contributed by atoms with Gasteiger partial charge in [0.15, 0.2) is 0 Å². The van der Waals surface area contributed by atoms with E-state index < -0.39 is 17.7 Å². The third-order valence-electron chi connectivity index (χ3n) is 3.93. The summed E-state index contributed by atoms with van der Waals surface area (Å²) in [5, 5.41) is 1.15. The van der Waals surface area contributed by atoms with Crippen LogP contribution in [0.1, 0.15) is 22.9 Å². The number of ether oxygens (including phenoxy) is 1. The standard InChI is InChI=1S/C17H13F2NO/c18-11-7-10(8-12(19)9-11)17-16-14(5-6-21-17)13-3-1-2-4-15(13)20-16/h1-4,7-9,17,20H,5-6H2. The van der Waals surface area contributed by atoms with Crippen LogP contribution in [0.25, 0.3) is 10.9 Å². The van der Waals surface area contributed by atoms with Crippen molar-refractivity contribution in [1.82, 2.24) is 4.98 Å². The summed E-state index contributed by atoms with van der Waals surface area (Å²) in [6, 6.07) is 11.5. The summed E-state index contributed by atoms with van der Waals surface area (Å²) in [7, 11) is 0. The molecular formula is C17H13F2NO. The summed E-state index contributed by atoms with van der Waals surface area (Å²) < 4.78 is 32.7. The minimum absolute atomic E-state index is 0.452. The van der Waals surface area contributed by atoms with Crippen LogP contribution < -0.4 is 0 Å². The molecule has 0 spiro atoms. The van der Waals surface area contributed by atoms with E-state index in [0.717, 1.165) is 29.1 Å². The molecule has 2 aromatic carbocycles. The maximum absolute atomic E-state index is 13.5. The Morgan fingerprint density at radius 2 is 1.81 bits per heavy atom. The fourth-order valence-corrected chi connectivity index (χ4v) is 3.07. The highest BCUT2D eigenvalue weighted by molar-refractivity contribution is 5.85. The molecule has 0 saturated carbocycles. The highest BCUT2D eigenvalue weighted by Gasteiger charge is 2.26. The molecule has 1 aliphatic rings. The van der Waals surface area contributed by atoms with E-state index in [1.807, 2.05) is 18.2 Å². The number of aromatic nitrogens is 1. The van der Waals surface area contributed by atoms with E-state index in [-0.39, 0.29) is 0 Å². The number of fused-ring (bicyclic) bond motifs is 3. The average Bonchev–Trinajstić information content (AvgIpc) is 2.84. The minimum atomic E-state index is -0.586. The molecular weight excluding hydrogens is 272 g/mol. The summed E-state index contributed by atoms with van der Waals surface area (Å²) in [5.41, 5.74) is 3.59. The second-order valence-corrected chi connectivity index (χ2v) is 5.27. The van der Waals surface area contributed by atoms with E-state index in [4.69, 9.17) is 4.74 Å². The number of hydrogen-bond donors (Lipinski definition) is 1. The first-order chi connectivity index (χ1) is 10.2. The van der Waals surface area contributed by atoms with Gasteiger partial charge in [0.1, 0.15) is 17.7 Å². The van der Waals surface area contributed by atoms with Crippen LogP contribution in [0.15, 0.2) is 42.5 Å². The number of aromatic amines is 1. The van der Waals surface area contributed by atoms with E-state index >= 15 is 0 Å². The van der Waals surface area contributed by atoms with Gasteiger partial charge in [-0.25, -0.2) is 8.78 Å². The minimum Gasteiger partial charge on any atom is -0.367 e. The summed E-state index contributed by atoms with van der Waals surface area (Å²) in [6.07, 6.45) is 0.347. The molecule has 0 bridgehead atoms. The smallest absolute Gasteiger partial charge is 0.126 e. The van der Waals surface area contributed by atoms with Crippen LogP contribution in [0.2, 0.25) is 0 Å². The fourth-order valence-electron chi connectivity index (χ4n) is 3.07. The summed E-state index contributed by atoms with van der Waals surface area (Å²) in [5.74, 6) is -1.17. The van der Waals surface area contributed by atoms with Gasteiger partial charge in [0.25, 0.3) is 0 Å². The Hall–Kier alpha value is -2.20. The highest BCUT2D eigenvalue weighted by Crippen LogP contribution is 2.36. The molecule has 2 heterocycles. The first-order valence-electron chi connectivity index (χ1n) is 6.89. The molecule has 0 amide bonds. The van der Waals surface area contributed by atoms with Crippen molar-refractivity contribution in [3.63, 3.8) is 0 Å². The molecule has 0 fully saturated rings. The predicted molar refractivity (Wildman–Crippen MR) is 76.2 cm³/mol. The zero-order valence-electron chi connectivity index (χ0n) is 11.2. The molecule has 4 heteroatoms. The van der Waals surface area contributed by atoms with Crippen molar-refractivity contribution >= 4 is 10.9 Å². The van der Waals surface area contributed by atoms with E-state index in [1.54, 1.807) is 0 Å². The first kappa shape index (κ1) is 12.5. The van der Waals surface area contributed by atoms with Crippen molar-refractivity contribution in [3.8, 4) is 0 Å². The van der Waals surface area contributed by atoms with Gasteiger partial charge < -0.3 is 9.72 Å². The second kappa shape index (κ2) is 4.67. The van der Waals surface area contributed by atoms with Crippen LogP contribution in [-0.2, 0) is 11.2 Å². The van der Waals surface area contributed by atoms with Gasteiger partial charge in [0.05, 0.1) is 12.3 Å². The van der Waals surface area contributed by atoms with Crippen molar-refractivity contribution in [3.05, 3.63) is 70.9 Å². The van der Waals surface area contributed by atoms with Crippen molar-refractivity contribution < 1.29 is 13.5 Å². The van der Waals surface area contributed by atoms with Crippen LogP contribution in [-0.4, -0.2) is 11.6 Å². The van der Waals surface area contributed by atoms with Crippen LogP contribution >= 0.6 is 0 Å². The molecule has 1 N–H and O–H groups in total. The van der Waals surface area contributed by atoms with Crippen LogP contribution in [0.4, 0.5) is 8.78 Å². The Morgan fingerprint density at radius 1 is 1.05 bits per heavy atom.